The average Bonchev–Trinajstić information content (AvgIpc) is 3.73. The second kappa shape index (κ2) is 14.0. The van der Waals surface area contributed by atoms with Crippen LogP contribution in [0.2, 0.25) is 0 Å². The normalized spacial score (nSPS) is 19.0. The second-order valence-electron chi connectivity index (χ2n) is 11.7. The lowest BCUT2D eigenvalue weighted by atomic mass is 9.80. The van der Waals surface area contributed by atoms with E-state index in [9.17, 15) is 9.90 Å². The van der Waals surface area contributed by atoms with E-state index in [-0.39, 0.29) is 29.5 Å². The van der Waals surface area contributed by atoms with Crippen LogP contribution in [0.5, 0.6) is 11.5 Å². The zero-order chi connectivity index (χ0) is 34.7. The first-order valence-electron chi connectivity index (χ1n) is 15.9. The third-order valence-corrected chi connectivity index (χ3v) is 8.83. The highest BCUT2D eigenvalue weighted by atomic mass is 19.1. The van der Waals surface area contributed by atoms with Crippen molar-refractivity contribution in [2.45, 2.75) is 30.2 Å². The van der Waals surface area contributed by atoms with Crippen molar-refractivity contribution in [3.8, 4) is 11.5 Å². The number of nitrogens with one attached hydrogen (secondary N) is 1. The molecule has 2 N–H and O–H groups in total. The van der Waals surface area contributed by atoms with Crippen LogP contribution in [0, 0.1) is 0 Å². The summed E-state index contributed by atoms with van der Waals surface area (Å²) in [5.41, 5.74) is 2.05. The van der Waals surface area contributed by atoms with Crippen molar-refractivity contribution in [3.05, 3.63) is 144 Å². The molecule has 6 aromatic rings. The predicted octanol–water partition coefficient (Wildman–Crippen LogP) is 5.70. The smallest absolute Gasteiger partial charge is 0.256 e. The fourth-order valence-electron chi connectivity index (χ4n) is 6.25. The lowest BCUT2D eigenvalue weighted by Crippen LogP contribution is -2.39. The number of benzene rings is 4. The van der Waals surface area contributed by atoms with Gasteiger partial charge in [0.15, 0.2) is 29.4 Å². The van der Waals surface area contributed by atoms with Crippen molar-refractivity contribution in [3.63, 3.8) is 0 Å². The maximum absolute atomic E-state index is 16.0. The van der Waals surface area contributed by atoms with Crippen LogP contribution in [0.15, 0.2) is 122 Å². The third kappa shape index (κ3) is 6.04. The molecule has 4 aromatic carbocycles. The topological polar surface area (TPSA) is 130 Å². The number of carbonyl (C=O) groups is 1. The van der Waals surface area contributed by atoms with Crippen LogP contribution in [-0.2, 0) is 15.1 Å². The molecule has 1 amide bonds. The van der Waals surface area contributed by atoms with Gasteiger partial charge in [0.2, 0.25) is 0 Å². The van der Waals surface area contributed by atoms with Crippen molar-refractivity contribution in [2.24, 2.45) is 0 Å². The highest BCUT2D eigenvalue weighted by molar-refractivity contribution is 6.06. The van der Waals surface area contributed by atoms with Crippen molar-refractivity contribution < 1.29 is 33.2 Å². The molecule has 50 heavy (non-hydrogen) atoms. The molecule has 0 aliphatic carbocycles. The van der Waals surface area contributed by atoms with Crippen LogP contribution in [0.1, 0.15) is 33.3 Å². The number of aliphatic hydroxyl groups excluding tert-OH is 1. The van der Waals surface area contributed by atoms with E-state index in [1.54, 1.807) is 38.5 Å². The van der Waals surface area contributed by atoms with Crippen LogP contribution < -0.4 is 14.8 Å². The molecule has 4 atom stereocenters. The van der Waals surface area contributed by atoms with Crippen LogP contribution in [0.25, 0.3) is 11.2 Å². The molecular formula is C38H34FN5O6. The molecule has 0 bridgehead atoms. The van der Waals surface area contributed by atoms with Gasteiger partial charge in [0.1, 0.15) is 35.6 Å². The minimum atomic E-state index is -1.86. The molecule has 1 aliphatic rings. The Labute approximate surface area is 287 Å². The summed E-state index contributed by atoms with van der Waals surface area (Å²) in [4.78, 5) is 25.7. The summed E-state index contributed by atoms with van der Waals surface area (Å²) >= 11 is 0. The SMILES string of the molecule is COc1ccc(C(OC[C@H]2O[C@@H](n3cnc4c(NC(=O)c5ccccc5)ncnc43)C(F)[C@H]2O)(c2ccccc2)c2ccc(OC)cc2)cc1. The molecule has 0 radical (unpaired) electrons. The van der Waals surface area contributed by atoms with Gasteiger partial charge in [-0.25, -0.2) is 19.3 Å². The fourth-order valence-corrected chi connectivity index (χ4v) is 6.25. The molecule has 7 rings (SSSR count). The van der Waals surface area contributed by atoms with E-state index in [0.717, 1.165) is 16.7 Å². The Morgan fingerprint density at radius 3 is 2.02 bits per heavy atom. The van der Waals surface area contributed by atoms with Crippen LogP contribution in [0.4, 0.5) is 10.2 Å². The largest absolute Gasteiger partial charge is 0.497 e. The van der Waals surface area contributed by atoms with Crippen LogP contribution in [0.3, 0.4) is 0 Å². The van der Waals surface area contributed by atoms with Gasteiger partial charge in [-0.2, -0.15) is 0 Å². The molecule has 1 fully saturated rings. The number of aromatic nitrogens is 4. The molecule has 254 valence electrons. The van der Waals surface area contributed by atoms with Crippen molar-refractivity contribution in [1.29, 1.82) is 0 Å². The Kier molecular flexibility index (Phi) is 9.22. The van der Waals surface area contributed by atoms with Gasteiger partial charge in [-0.1, -0.05) is 72.8 Å². The van der Waals surface area contributed by atoms with E-state index in [2.05, 4.69) is 20.3 Å². The fraction of sp³-hybridized carbons (Fsp3) is 0.211. The van der Waals surface area contributed by atoms with Crippen molar-refractivity contribution in [2.75, 3.05) is 26.1 Å². The zero-order valence-electron chi connectivity index (χ0n) is 27.2. The molecule has 0 spiro atoms. The number of rotatable bonds is 11. The zero-order valence-corrected chi connectivity index (χ0v) is 27.2. The summed E-state index contributed by atoms with van der Waals surface area (Å²) in [6.45, 7) is -0.189. The summed E-state index contributed by atoms with van der Waals surface area (Å²) in [5.74, 6) is 1.11. The number of halogens is 1. The van der Waals surface area contributed by atoms with Crippen LogP contribution >= 0.6 is 0 Å². The Balaban J connectivity index is 1.20. The summed E-state index contributed by atoms with van der Waals surface area (Å²) in [6, 6.07) is 33.3. The summed E-state index contributed by atoms with van der Waals surface area (Å²) in [7, 11) is 3.19. The number of amides is 1. The molecule has 11 nitrogen and oxygen atoms in total. The first kappa shape index (κ1) is 32.8. The highest BCUT2D eigenvalue weighted by Gasteiger charge is 2.48. The molecular weight excluding hydrogens is 641 g/mol. The number of anilines is 1. The summed E-state index contributed by atoms with van der Waals surface area (Å²) < 4.78 is 41.3. The number of hydrogen-bond acceptors (Lipinski definition) is 9. The third-order valence-electron chi connectivity index (χ3n) is 8.83. The van der Waals surface area contributed by atoms with Crippen molar-refractivity contribution >= 4 is 22.9 Å². The Bertz CT molecular complexity index is 2010. The van der Waals surface area contributed by atoms with Gasteiger partial charge in [0.25, 0.3) is 5.91 Å². The molecule has 3 heterocycles. The molecule has 2 aromatic heterocycles. The quantitative estimate of drug-likeness (QED) is 0.166. The van der Waals surface area contributed by atoms with Gasteiger partial charge in [-0.05, 0) is 53.1 Å². The minimum absolute atomic E-state index is 0.156. The number of ether oxygens (including phenoxy) is 4. The standard InChI is InChI=1S/C38H34FN5O6/c1-47-28-17-13-26(14-18-28)38(25-11-7-4-8-12-25,27-15-19-29(48-2)20-16-27)49-21-30-33(45)31(39)37(50-30)44-23-42-32-34(40-22-41-35(32)44)43-36(46)24-9-5-3-6-10-24/h3-20,22-23,30-31,33,37,45H,21H2,1-2H3,(H,40,41,43,46)/t30-,31?,33+,37-/m1/s1. The summed E-state index contributed by atoms with van der Waals surface area (Å²) in [5, 5.41) is 14.0. The minimum Gasteiger partial charge on any atom is -0.497 e. The molecule has 12 heteroatoms. The highest BCUT2D eigenvalue weighted by Crippen LogP contribution is 2.43. The number of nitrogens with zero attached hydrogens (tertiary/aromatic N) is 4. The first-order chi connectivity index (χ1) is 24.4. The Morgan fingerprint density at radius 2 is 1.42 bits per heavy atom. The van der Waals surface area contributed by atoms with E-state index in [1.165, 1.54) is 17.2 Å². The van der Waals surface area contributed by atoms with Gasteiger partial charge in [0.05, 0.1) is 27.2 Å². The maximum atomic E-state index is 16.0. The molecule has 0 saturated carbocycles. The maximum Gasteiger partial charge on any atom is 0.256 e. The van der Waals surface area contributed by atoms with Gasteiger partial charge >= 0.3 is 0 Å². The number of aliphatic hydroxyl groups is 1. The van der Waals surface area contributed by atoms with Gasteiger partial charge in [-0.3, -0.25) is 9.36 Å². The lowest BCUT2D eigenvalue weighted by molar-refractivity contribution is -0.0935. The van der Waals surface area contributed by atoms with E-state index in [4.69, 9.17) is 18.9 Å². The van der Waals surface area contributed by atoms with E-state index in [1.807, 2.05) is 84.9 Å². The molecule has 1 saturated heterocycles. The average molecular weight is 676 g/mol. The number of fused-ring (bicyclic) bond motifs is 1. The van der Waals surface area contributed by atoms with E-state index < -0.39 is 30.2 Å². The number of carbonyl (C=O) groups excluding carboxylic acids is 1. The molecule has 1 aliphatic heterocycles. The number of imidazole rings is 1. The van der Waals surface area contributed by atoms with E-state index in [0.29, 0.717) is 17.1 Å². The number of methoxy groups -OCH3 is 2. The van der Waals surface area contributed by atoms with E-state index >= 15 is 4.39 Å². The number of hydrogen-bond donors (Lipinski definition) is 2. The van der Waals surface area contributed by atoms with Gasteiger partial charge in [0, 0.05) is 5.56 Å². The van der Waals surface area contributed by atoms with Crippen LogP contribution in [-0.4, -0.2) is 69.7 Å². The lowest BCUT2D eigenvalue weighted by Gasteiger charge is -2.37. The monoisotopic (exact) mass is 675 g/mol. The predicted molar refractivity (Wildman–Crippen MR) is 183 cm³/mol. The van der Waals surface area contributed by atoms with Gasteiger partial charge in [-0.15, -0.1) is 0 Å². The molecule has 1 unspecified atom stereocenters. The van der Waals surface area contributed by atoms with Crippen molar-refractivity contribution in [1.82, 2.24) is 19.5 Å². The first-order valence-corrected chi connectivity index (χ1v) is 15.9. The van der Waals surface area contributed by atoms with Gasteiger partial charge < -0.3 is 29.4 Å². The number of alkyl halides is 1. The second-order valence-corrected chi connectivity index (χ2v) is 11.7. The Hall–Kier alpha value is -5.69. The Morgan fingerprint density at radius 1 is 0.840 bits per heavy atom. The summed E-state index contributed by atoms with van der Waals surface area (Å²) in [6.07, 6.45) is -3.16.